The molecule has 1 heterocycles. The lowest BCUT2D eigenvalue weighted by molar-refractivity contribution is 0.0692. The highest BCUT2D eigenvalue weighted by molar-refractivity contribution is 7.16. The van der Waals surface area contributed by atoms with Gasteiger partial charge in [-0.05, 0) is 19.1 Å². The number of rotatable bonds is 3. The van der Waals surface area contributed by atoms with E-state index in [0.717, 1.165) is 29.5 Å². The van der Waals surface area contributed by atoms with Crippen LogP contribution in [0.3, 0.4) is 0 Å². The zero-order valence-electron chi connectivity index (χ0n) is 9.20. The number of aromatic nitrogens is 1. The van der Waals surface area contributed by atoms with Gasteiger partial charge in [0.25, 0.3) is 0 Å². The molecule has 0 unspecified atom stereocenters. The number of hydrogen-bond acceptors (Lipinski definition) is 4. The van der Waals surface area contributed by atoms with Gasteiger partial charge in [-0.25, -0.2) is 18.6 Å². The molecule has 0 aliphatic heterocycles. The van der Waals surface area contributed by atoms with Gasteiger partial charge in [-0.3, -0.25) is 0 Å². The number of aromatic carboxylic acids is 1. The van der Waals surface area contributed by atoms with Crippen molar-refractivity contribution in [2.45, 2.75) is 6.92 Å². The second-order valence-electron chi connectivity index (χ2n) is 3.50. The molecule has 7 heteroatoms. The van der Waals surface area contributed by atoms with Crippen molar-refractivity contribution in [2.75, 3.05) is 5.32 Å². The molecular formula is C11H8F2N2O2S. The summed E-state index contributed by atoms with van der Waals surface area (Å²) in [6, 6.07) is 2.88. The average Bonchev–Trinajstić information content (AvgIpc) is 2.57. The Balaban J connectivity index is 2.36. The van der Waals surface area contributed by atoms with Crippen LogP contribution in [0.25, 0.3) is 0 Å². The third-order valence-electron chi connectivity index (χ3n) is 2.06. The molecule has 0 spiro atoms. The van der Waals surface area contributed by atoms with Crippen LogP contribution in [0.5, 0.6) is 0 Å². The van der Waals surface area contributed by atoms with E-state index in [-0.39, 0.29) is 16.4 Å². The number of hydrogen-bond donors (Lipinski definition) is 2. The van der Waals surface area contributed by atoms with Gasteiger partial charge in [0.1, 0.15) is 16.6 Å². The fourth-order valence-corrected chi connectivity index (χ4v) is 2.24. The maximum Gasteiger partial charge on any atom is 0.357 e. The second-order valence-corrected chi connectivity index (χ2v) is 4.70. The number of carboxylic acid groups (broad SMARTS) is 1. The highest BCUT2D eigenvalue weighted by atomic mass is 32.1. The molecule has 2 aromatic rings. The van der Waals surface area contributed by atoms with E-state index in [1.807, 2.05) is 0 Å². The summed E-state index contributed by atoms with van der Waals surface area (Å²) < 4.78 is 26.0. The molecule has 0 atom stereocenters. The number of anilines is 2. The Morgan fingerprint density at radius 2 is 1.94 bits per heavy atom. The van der Waals surface area contributed by atoms with Gasteiger partial charge < -0.3 is 10.4 Å². The highest BCUT2D eigenvalue weighted by Crippen LogP contribution is 2.28. The van der Waals surface area contributed by atoms with E-state index in [1.54, 1.807) is 6.92 Å². The molecule has 1 aromatic heterocycles. The minimum Gasteiger partial charge on any atom is -0.476 e. The first kappa shape index (κ1) is 12.4. The maximum absolute atomic E-state index is 13.0. The molecule has 0 aliphatic rings. The van der Waals surface area contributed by atoms with Gasteiger partial charge in [-0.2, -0.15) is 0 Å². The second kappa shape index (κ2) is 4.69. The van der Waals surface area contributed by atoms with E-state index in [2.05, 4.69) is 10.3 Å². The van der Waals surface area contributed by atoms with Crippen molar-refractivity contribution < 1.29 is 18.7 Å². The quantitative estimate of drug-likeness (QED) is 0.899. The average molecular weight is 270 g/mol. The van der Waals surface area contributed by atoms with E-state index in [1.165, 1.54) is 0 Å². The smallest absolute Gasteiger partial charge is 0.357 e. The normalized spacial score (nSPS) is 10.4. The molecule has 0 saturated carbocycles. The number of halogens is 2. The summed E-state index contributed by atoms with van der Waals surface area (Å²) in [5, 5.41) is 12.4. The van der Waals surface area contributed by atoms with Gasteiger partial charge in [-0.1, -0.05) is 0 Å². The van der Waals surface area contributed by atoms with Crippen LogP contribution in [-0.2, 0) is 0 Å². The Hall–Kier alpha value is -2.02. The first-order chi connectivity index (χ1) is 8.45. The maximum atomic E-state index is 13.0. The molecule has 0 amide bonds. The number of benzene rings is 1. The van der Waals surface area contributed by atoms with Crippen LogP contribution in [0.1, 0.15) is 15.5 Å². The Labute approximate surface area is 105 Å². The van der Waals surface area contributed by atoms with Crippen LogP contribution in [-0.4, -0.2) is 16.1 Å². The third-order valence-corrected chi connectivity index (χ3v) is 2.94. The SMILES string of the molecule is Cc1nc(C(=O)O)c(Nc2cc(F)cc(F)c2)s1. The fraction of sp³-hybridized carbons (Fsp3) is 0.0909. The molecule has 18 heavy (non-hydrogen) atoms. The van der Waals surface area contributed by atoms with Gasteiger partial charge in [0.15, 0.2) is 5.69 Å². The van der Waals surface area contributed by atoms with Crippen molar-refractivity contribution in [3.05, 3.63) is 40.5 Å². The van der Waals surface area contributed by atoms with Crippen molar-refractivity contribution in [3.8, 4) is 0 Å². The highest BCUT2D eigenvalue weighted by Gasteiger charge is 2.16. The zero-order valence-corrected chi connectivity index (χ0v) is 10.0. The van der Waals surface area contributed by atoms with Crippen LogP contribution < -0.4 is 5.32 Å². The first-order valence-corrected chi connectivity index (χ1v) is 5.71. The minimum atomic E-state index is -1.20. The summed E-state index contributed by atoms with van der Waals surface area (Å²) in [5.41, 5.74) is -0.0270. The summed E-state index contributed by atoms with van der Waals surface area (Å²) >= 11 is 1.10. The van der Waals surface area contributed by atoms with E-state index < -0.39 is 17.6 Å². The predicted octanol–water partition coefficient (Wildman–Crippen LogP) is 3.17. The molecule has 0 saturated heterocycles. The van der Waals surface area contributed by atoms with Crippen LogP contribution >= 0.6 is 11.3 Å². The van der Waals surface area contributed by atoms with Crippen molar-refractivity contribution in [3.63, 3.8) is 0 Å². The molecule has 2 rings (SSSR count). The first-order valence-electron chi connectivity index (χ1n) is 4.89. The van der Waals surface area contributed by atoms with Crippen LogP contribution in [0.15, 0.2) is 18.2 Å². The zero-order chi connectivity index (χ0) is 13.3. The van der Waals surface area contributed by atoms with Crippen molar-refractivity contribution in [1.82, 2.24) is 4.98 Å². The summed E-state index contributed by atoms with van der Waals surface area (Å²) in [5.74, 6) is -2.68. The molecule has 1 aromatic carbocycles. The topological polar surface area (TPSA) is 62.2 Å². The molecule has 94 valence electrons. The Morgan fingerprint density at radius 1 is 1.33 bits per heavy atom. The van der Waals surface area contributed by atoms with Crippen LogP contribution in [0.2, 0.25) is 0 Å². The molecular weight excluding hydrogens is 262 g/mol. The van der Waals surface area contributed by atoms with Crippen molar-refractivity contribution >= 4 is 28.0 Å². The molecule has 0 fully saturated rings. The number of thiazole rings is 1. The van der Waals surface area contributed by atoms with Crippen LogP contribution in [0, 0.1) is 18.6 Å². The summed E-state index contributed by atoms with van der Waals surface area (Å²) in [6.45, 7) is 1.65. The Kier molecular flexibility index (Phi) is 3.24. The number of carbonyl (C=O) groups is 1. The number of aryl methyl sites for hydroxylation is 1. The lowest BCUT2D eigenvalue weighted by atomic mass is 10.3. The van der Waals surface area contributed by atoms with E-state index in [9.17, 15) is 13.6 Å². The molecule has 2 N–H and O–H groups in total. The minimum absolute atomic E-state index is 0.138. The number of nitrogens with one attached hydrogen (secondary N) is 1. The Bertz CT molecular complexity index is 593. The predicted molar refractivity (Wildman–Crippen MR) is 63.5 cm³/mol. The monoisotopic (exact) mass is 270 g/mol. The van der Waals surface area contributed by atoms with Crippen molar-refractivity contribution in [1.29, 1.82) is 0 Å². The van der Waals surface area contributed by atoms with Gasteiger partial charge in [0.05, 0.1) is 5.01 Å². The summed E-state index contributed by atoms with van der Waals surface area (Å²) in [4.78, 5) is 14.7. The largest absolute Gasteiger partial charge is 0.476 e. The van der Waals surface area contributed by atoms with Crippen molar-refractivity contribution in [2.24, 2.45) is 0 Å². The molecule has 0 bridgehead atoms. The summed E-state index contributed by atoms with van der Waals surface area (Å²) in [6.07, 6.45) is 0. The van der Waals surface area contributed by atoms with Gasteiger partial charge in [0.2, 0.25) is 0 Å². The van der Waals surface area contributed by atoms with Crippen LogP contribution in [0.4, 0.5) is 19.5 Å². The van der Waals surface area contributed by atoms with Gasteiger partial charge in [-0.15, -0.1) is 11.3 Å². The van der Waals surface area contributed by atoms with E-state index in [0.29, 0.717) is 5.01 Å². The fourth-order valence-electron chi connectivity index (χ4n) is 1.41. The lowest BCUT2D eigenvalue weighted by Crippen LogP contribution is -2.01. The third kappa shape index (κ3) is 2.62. The standard InChI is InChI=1S/C11H8F2N2O2S/c1-5-14-9(11(16)17)10(18-5)15-8-3-6(12)2-7(13)4-8/h2-4,15H,1H3,(H,16,17). The Morgan fingerprint density at radius 3 is 2.50 bits per heavy atom. The van der Waals surface area contributed by atoms with E-state index in [4.69, 9.17) is 5.11 Å². The molecule has 0 radical (unpaired) electrons. The number of carboxylic acids is 1. The molecule has 0 aliphatic carbocycles. The van der Waals surface area contributed by atoms with Gasteiger partial charge in [0, 0.05) is 11.8 Å². The lowest BCUT2D eigenvalue weighted by Gasteiger charge is -2.04. The van der Waals surface area contributed by atoms with E-state index >= 15 is 0 Å². The van der Waals surface area contributed by atoms with Gasteiger partial charge >= 0.3 is 5.97 Å². The summed E-state index contributed by atoms with van der Waals surface area (Å²) in [7, 11) is 0. The molecule has 4 nitrogen and oxygen atoms in total. The number of nitrogens with zero attached hydrogens (tertiary/aromatic N) is 1.